The molecule has 0 saturated carbocycles. The van der Waals surface area contributed by atoms with E-state index in [9.17, 15) is 8.78 Å². The third-order valence-electron chi connectivity index (χ3n) is 2.95. The van der Waals surface area contributed by atoms with Crippen LogP contribution >= 0.6 is 11.6 Å². The summed E-state index contributed by atoms with van der Waals surface area (Å²) in [4.78, 5) is 0. The Kier molecular flexibility index (Phi) is 5.36. The highest BCUT2D eigenvalue weighted by molar-refractivity contribution is 6.17. The molecule has 2 rings (SSSR count). The van der Waals surface area contributed by atoms with Crippen LogP contribution in [0.5, 0.6) is 0 Å². The topological polar surface area (TPSA) is 12.0 Å². The molecule has 0 saturated heterocycles. The van der Waals surface area contributed by atoms with E-state index in [1.807, 2.05) is 24.3 Å². The van der Waals surface area contributed by atoms with Crippen LogP contribution in [0.25, 0.3) is 0 Å². The molecular weight excluding hydrogens is 280 g/mol. The van der Waals surface area contributed by atoms with E-state index in [4.69, 9.17) is 11.6 Å². The van der Waals surface area contributed by atoms with Crippen LogP contribution < -0.4 is 5.32 Å². The minimum Gasteiger partial charge on any atom is -0.381 e. The van der Waals surface area contributed by atoms with Gasteiger partial charge in [0.2, 0.25) is 0 Å². The average Bonchev–Trinajstić information content (AvgIpc) is 2.42. The lowest BCUT2D eigenvalue weighted by Crippen LogP contribution is -2.01. The molecule has 0 heterocycles. The van der Waals surface area contributed by atoms with E-state index in [2.05, 4.69) is 5.32 Å². The van der Waals surface area contributed by atoms with Crippen LogP contribution in [-0.4, -0.2) is 5.88 Å². The van der Waals surface area contributed by atoms with E-state index in [0.717, 1.165) is 24.6 Å². The van der Waals surface area contributed by atoms with Gasteiger partial charge in [-0.15, -0.1) is 11.6 Å². The zero-order chi connectivity index (χ0) is 14.4. The summed E-state index contributed by atoms with van der Waals surface area (Å²) in [6.07, 6.45) is 1.85. The zero-order valence-corrected chi connectivity index (χ0v) is 11.8. The minimum atomic E-state index is -0.558. The predicted molar refractivity (Wildman–Crippen MR) is 79.2 cm³/mol. The highest BCUT2D eigenvalue weighted by atomic mass is 35.5. The van der Waals surface area contributed by atoms with Gasteiger partial charge in [-0.25, -0.2) is 8.78 Å². The van der Waals surface area contributed by atoms with Crippen LogP contribution in [0.1, 0.15) is 17.5 Å². The quantitative estimate of drug-likeness (QED) is 0.759. The number of benzene rings is 2. The molecule has 1 nitrogen and oxygen atoms in total. The predicted octanol–water partition coefficient (Wildman–Crippen LogP) is 4.75. The second-order valence-corrected chi connectivity index (χ2v) is 5.00. The van der Waals surface area contributed by atoms with Crippen molar-refractivity contribution in [3.05, 3.63) is 65.2 Å². The molecule has 106 valence electrons. The maximum Gasteiger partial charge on any atom is 0.126 e. The molecule has 20 heavy (non-hydrogen) atoms. The third kappa shape index (κ3) is 4.49. The van der Waals surface area contributed by atoms with Gasteiger partial charge >= 0.3 is 0 Å². The fourth-order valence-corrected chi connectivity index (χ4v) is 2.16. The maximum atomic E-state index is 13.1. The molecule has 0 fully saturated rings. The first-order valence-corrected chi connectivity index (χ1v) is 7.04. The second-order valence-electron chi connectivity index (χ2n) is 4.62. The van der Waals surface area contributed by atoms with Crippen molar-refractivity contribution in [3.8, 4) is 0 Å². The van der Waals surface area contributed by atoms with Gasteiger partial charge in [0.05, 0.1) is 0 Å². The monoisotopic (exact) mass is 295 g/mol. The third-order valence-corrected chi connectivity index (χ3v) is 3.21. The molecule has 0 unspecified atom stereocenters. The Bertz CT molecular complexity index is 552. The van der Waals surface area contributed by atoms with Gasteiger partial charge in [-0.05, 0) is 48.2 Å². The molecule has 0 radical (unpaired) electrons. The van der Waals surface area contributed by atoms with Gasteiger partial charge in [-0.2, -0.15) is 0 Å². The largest absolute Gasteiger partial charge is 0.381 e. The lowest BCUT2D eigenvalue weighted by atomic mass is 10.1. The normalized spacial score (nSPS) is 10.6. The number of alkyl halides is 1. The molecule has 0 bridgehead atoms. The van der Waals surface area contributed by atoms with E-state index in [1.54, 1.807) is 0 Å². The molecule has 0 aliphatic heterocycles. The molecule has 0 amide bonds. The van der Waals surface area contributed by atoms with Gasteiger partial charge in [0.1, 0.15) is 11.6 Å². The van der Waals surface area contributed by atoms with Gasteiger partial charge in [-0.3, -0.25) is 0 Å². The first-order chi connectivity index (χ1) is 9.67. The van der Waals surface area contributed by atoms with E-state index in [1.165, 1.54) is 17.7 Å². The van der Waals surface area contributed by atoms with Crippen LogP contribution in [0, 0.1) is 11.6 Å². The van der Waals surface area contributed by atoms with Crippen molar-refractivity contribution in [2.75, 3.05) is 11.2 Å². The summed E-state index contributed by atoms with van der Waals surface area (Å²) in [6, 6.07) is 11.5. The van der Waals surface area contributed by atoms with Gasteiger partial charge in [0.25, 0.3) is 0 Å². The first-order valence-electron chi connectivity index (χ1n) is 6.51. The molecule has 2 aromatic carbocycles. The number of anilines is 1. The van der Waals surface area contributed by atoms with Crippen molar-refractivity contribution in [2.45, 2.75) is 19.4 Å². The van der Waals surface area contributed by atoms with E-state index >= 15 is 0 Å². The molecule has 0 spiro atoms. The van der Waals surface area contributed by atoms with Gasteiger partial charge < -0.3 is 5.32 Å². The maximum absolute atomic E-state index is 13.1. The molecule has 2 aromatic rings. The van der Waals surface area contributed by atoms with Crippen LogP contribution in [0.3, 0.4) is 0 Å². The Labute approximate surface area is 122 Å². The summed E-state index contributed by atoms with van der Waals surface area (Å²) in [5, 5.41) is 3.17. The number of hydrogen-bond acceptors (Lipinski definition) is 1. The summed E-state index contributed by atoms with van der Waals surface area (Å²) < 4.78 is 26.2. The van der Waals surface area contributed by atoms with Crippen molar-refractivity contribution in [2.24, 2.45) is 0 Å². The number of hydrogen-bond donors (Lipinski definition) is 1. The summed E-state index contributed by atoms with van der Waals surface area (Å²) in [5.41, 5.74) is 2.71. The smallest absolute Gasteiger partial charge is 0.126 e. The van der Waals surface area contributed by atoms with E-state index in [-0.39, 0.29) is 0 Å². The Morgan fingerprint density at radius 2 is 1.70 bits per heavy atom. The standard InChI is InChI=1S/C16H16ClF2N/c17-6-2-4-12-3-1-5-16(9-12)20-11-13-7-14(18)10-15(19)8-13/h1,3,5,7-10,20H,2,4,6,11H2. The lowest BCUT2D eigenvalue weighted by Gasteiger charge is -2.09. The van der Waals surface area contributed by atoms with Crippen LogP contribution in [0.15, 0.2) is 42.5 Å². The second kappa shape index (κ2) is 7.25. The highest BCUT2D eigenvalue weighted by Gasteiger charge is 2.01. The zero-order valence-electron chi connectivity index (χ0n) is 11.0. The van der Waals surface area contributed by atoms with E-state index in [0.29, 0.717) is 18.0 Å². The SMILES string of the molecule is Fc1cc(F)cc(CNc2cccc(CCCCl)c2)c1. The number of halogens is 3. The van der Waals surface area contributed by atoms with Crippen molar-refractivity contribution in [3.63, 3.8) is 0 Å². The molecule has 0 atom stereocenters. The molecular formula is C16H16ClF2N. The van der Waals surface area contributed by atoms with Crippen molar-refractivity contribution < 1.29 is 8.78 Å². The van der Waals surface area contributed by atoms with Crippen LogP contribution in [0.4, 0.5) is 14.5 Å². The molecule has 4 heteroatoms. The first kappa shape index (κ1) is 14.8. The van der Waals surface area contributed by atoms with E-state index < -0.39 is 11.6 Å². The fourth-order valence-electron chi connectivity index (χ4n) is 2.02. The summed E-state index contributed by atoms with van der Waals surface area (Å²) >= 11 is 5.68. The summed E-state index contributed by atoms with van der Waals surface area (Å²) in [6.45, 7) is 0.383. The van der Waals surface area contributed by atoms with Crippen LogP contribution in [0.2, 0.25) is 0 Å². The Hall–Kier alpha value is -1.61. The Morgan fingerprint density at radius 3 is 2.40 bits per heavy atom. The molecule has 0 aliphatic rings. The molecule has 1 N–H and O–H groups in total. The average molecular weight is 296 g/mol. The Balaban J connectivity index is 1.99. The van der Waals surface area contributed by atoms with Gasteiger partial charge in [0.15, 0.2) is 0 Å². The highest BCUT2D eigenvalue weighted by Crippen LogP contribution is 2.15. The molecule has 0 aromatic heterocycles. The van der Waals surface area contributed by atoms with Gasteiger partial charge in [-0.1, -0.05) is 12.1 Å². The van der Waals surface area contributed by atoms with Crippen molar-refractivity contribution in [1.29, 1.82) is 0 Å². The fraction of sp³-hybridized carbons (Fsp3) is 0.250. The van der Waals surface area contributed by atoms with Crippen LogP contribution in [-0.2, 0) is 13.0 Å². The van der Waals surface area contributed by atoms with Crippen molar-refractivity contribution in [1.82, 2.24) is 0 Å². The van der Waals surface area contributed by atoms with Gasteiger partial charge in [0, 0.05) is 24.2 Å². The number of nitrogens with one attached hydrogen (secondary N) is 1. The number of aryl methyl sites for hydroxylation is 1. The summed E-state index contributed by atoms with van der Waals surface area (Å²) in [5.74, 6) is -0.476. The number of rotatable bonds is 6. The minimum absolute atomic E-state index is 0.383. The van der Waals surface area contributed by atoms with Crippen molar-refractivity contribution >= 4 is 17.3 Å². The molecule has 0 aliphatic carbocycles. The lowest BCUT2D eigenvalue weighted by molar-refractivity contribution is 0.580. The Morgan fingerprint density at radius 1 is 0.950 bits per heavy atom. The summed E-state index contributed by atoms with van der Waals surface area (Å²) in [7, 11) is 0.